The smallest absolute Gasteiger partial charge is 0.250 e. The second-order valence-corrected chi connectivity index (χ2v) is 5.12. The van der Waals surface area contributed by atoms with Gasteiger partial charge in [0, 0.05) is 26.5 Å². The van der Waals surface area contributed by atoms with E-state index in [-0.39, 0.29) is 11.8 Å². The lowest BCUT2D eigenvalue weighted by Gasteiger charge is -2.26. The fourth-order valence-electron chi connectivity index (χ4n) is 1.76. The molecule has 112 valence electrons. The van der Waals surface area contributed by atoms with Gasteiger partial charge in [0.05, 0.1) is 17.6 Å². The van der Waals surface area contributed by atoms with Crippen LogP contribution in [-0.4, -0.2) is 29.9 Å². The van der Waals surface area contributed by atoms with E-state index >= 15 is 0 Å². The topological polar surface area (TPSA) is 36.4 Å². The molecule has 1 heterocycles. The Morgan fingerprint density at radius 2 is 2.05 bits per heavy atom. The predicted molar refractivity (Wildman–Crippen MR) is 87.7 cm³/mol. The molecule has 4 nitrogen and oxygen atoms in total. The van der Waals surface area contributed by atoms with Crippen LogP contribution in [-0.2, 0) is 4.79 Å². The minimum absolute atomic E-state index is 0.164. The van der Waals surface area contributed by atoms with Crippen molar-refractivity contribution >= 4 is 11.6 Å². The first-order valence-electron chi connectivity index (χ1n) is 6.82. The van der Waals surface area contributed by atoms with Gasteiger partial charge in [0.15, 0.2) is 0 Å². The van der Waals surface area contributed by atoms with Crippen molar-refractivity contribution in [3.05, 3.63) is 61.2 Å². The SMILES string of the molecule is C=CC(=O)N(C)/C(=C/N(C)c1cccnc1)C(=C)C(C)C. The van der Waals surface area contributed by atoms with Crippen LogP contribution in [0, 0.1) is 5.92 Å². The van der Waals surface area contributed by atoms with Crippen LogP contribution < -0.4 is 4.90 Å². The third-order valence-electron chi connectivity index (χ3n) is 3.26. The lowest BCUT2D eigenvalue weighted by atomic mass is 10.0. The number of hydrogen-bond acceptors (Lipinski definition) is 3. The molecule has 0 aliphatic rings. The zero-order chi connectivity index (χ0) is 16.0. The van der Waals surface area contributed by atoms with Crippen molar-refractivity contribution in [2.24, 2.45) is 5.92 Å². The Hall–Kier alpha value is -2.36. The highest BCUT2D eigenvalue weighted by atomic mass is 16.2. The molecule has 0 saturated carbocycles. The summed E-state index contributed by atoms with van der Waals surface area (Å²) in [6.07, 6.45) is 6.68. The summed E-state index contributed by atoms with van der Waals surface area (Å²) in [5.41, 5.74) is 2.59. The Morgan fingerprint density at radius 3 is 2.52 bits per heavy atom. The predicted octanol–water partition coefficient (Wildman–Crippen LogP) is 3.22. The number of likely N-dealkylation sites (N-methyl/N-ethyl adjacent to an activating group) is 1. The van der Waals surface area contributed by atoms with Gasteiger partial charge >= 0.3 is 0 Å². The molecule has 21 heavy (non-hydrogen) atoms. The molecule has 1 aromatic heterocycles. The monoisotopic (exact) mass is 285 g/mol. The summed E-state index contributed by atoms with van der Waals surface area (Å²) in [5, 5.41) is 0. The maximum absolute atomic E-state index is 11.9. The molecule has 1 aromatic rings. The van der Waals surface area contributed by atoms with Gasteiger partial charge in [-0.2, -0.15) is 0 Å². The Kier molecular flexibility index (Phi) is 5.91. The lowest BCUT2D eigenvalue weighted by molar-refractivity contribution is -0.123. The molecule has 0 saturated heterocycles. The molecule has 0 aliphatic carbocycles. The highest BCUT2D eigenvalue weighted by Gasteiger charge is 2.17. The van der Waals surface area contributed by atoms with Crippen molar-refractivity contribution < 1.29 is 4.79 Å². The minimum atomic E-state index is -0.164. The summed E-state index contributed by atoms with van der Waals surface area (Å²) in [5.74, 6) is 0.0706. The van der Waals surface area contributed by atoms with Gasteiger partial charge in [0.1, 0.15) is 0 Å². The maximum Gasteiger partial charge on any atom is 0.250 e. The van der Waals surface area contributed by atoms with Crippen LogP contribution in [0.2, 0.25) is 0 Å². The lowest BCUT2D eigenvalue weighted by Crippen LogP contribution is -2.28. The quantitative estimate of drug-likeness (QED) is 0.595. The van der Waals surface area contributed by atoms with E-state index in [4.69, 9.17) is 0 Å². The first kappa shape index (κ1) is 16.7. The first-order chi connectivity index (χ1) is 9.88. The molecular formula is C17H23N3O. The van der Waals surface area contributed by atoms with Gasteiger partial charge in [0.2, 0.25) is 5.91 Å². The Labute approximate surface area is 127 Å². The zero-order valence-electron chi connectivity index (χ0n) is 13.2. The van der Waals surface area contributed by atoms with E-state index < -0.39 is 0 Å². The Balaban J connectivity index is 3.17. The van der Waals surface area contributed by atoms with E-state index in [0.29, 0.717) is 0 Å². The molecule has 1 rings (SSSR count). The summed E-state index contributed by atoms with van der Waals surface area (Å²) in [6.45, 7) is 11.7. The second-order valence-electron chi connectivity index (χ2n) is 5.12. The number of carbonyl (C=O) groups is 1. The fraction of sp³-hybridized carbons (Fsp3) is 0.294. The second kappa shape index (κ2) is 7.43. The van der Waals surface area contributed by atoms with E-state index in [0.717, 1.165) is 17.0 Å². The van der Waals surface area contributed by atoms with Crippen molar-refractivity contribution in [3.63, 3.8) is 0 Å². The number of nitrogens with zero attached hydrogens (tertiary/aromatic N) is 3. The maximum atomic E-state index is 11.9. The first-order valence-corrected chi connectivity index (χ1v) is 6.82. The van der Waals surface area contributed by atoms with Crippen LogP contribution in [0.3, 0.4) is 0 Å². The molecular weight excluding hydrogens is 262 g/mol. The minimum Gasteiger partial charge on any atom is -0.348 e. The number of pyridine rings is 1. The molecule has 0 bridgehead atoms. The van der Waals surface area contributed by atoms with Gasteiger partial charge in [-0.1, -0.05) is 27.0 Å². The van der Waals surface area contributed by atoms with E-state index in [9.17, 15) is 4.79 Å². The molecule has 0 spiro atoms. The number of anilines is 1. The third-order valence-corrected chi connectivity index (χ3v) is 3.26. The highest BCUT2D eigenvalue weighted by molar-refractivity contribution is 5.88. The molecule has 1 amide bonds. The largest absolute Gasteiger partial charge is 0.348 e. The molecule has 0 fully saturated rings. The van der Waals surface area contributed by atoms with Crippen LogP contribution in [0.5, 0.6) is 0 Å². The van der Waals surface area contributed by atoms with Gasteiger partial charge in [-0.15, -0.1) is 0 Å². The van der Waals surface area contributed by atoms with Gasteiger partial charge in [-0.05, 0) is 29.7 Å². The van der Waals surface area contributed by atoms with E-state index in [1.807, 2.05) is 44.1 Å². The van der Waals surface area contributed by atoms with E-state index in [2.05, 4.69) is 18.1 Å². The summed E-state index contributed by atoms with van der Waals surface area (Å²) >= 11 is 0. The van der Waals surface area contributed by atoms with Crippen LogP contribution in [0.15, 0.2) is 61.2 Å². The van der Waals surface area contributed by atoms with Gasteiger partial charge in [-0.3, -0.25) is 9.78 Å². The number of rotatable bonds is 6. The van der Waals surface area contributed by atoms with Crippen molar-refractivity contribution in [2.75, 3.05) is 19.0 Å². The third kappa shape index (κ3) is 4.31. The Morgan fingerprint density at radius 1 is 1.38 bits per heavy atom. The van der Waals surface area contributed by atoms with Crippen molar-refractivity contribution in [1.82, 2.24) is 9.88 Å². The highest BCUT2D eigenvalue weighted by Crippen LogP contribution is 2.22. The zero-order valence-corrected chi connectivity index (χ0v) is 13.2. The van der Waals surface area contributed by atoms with Crippen LogP contribution in [0.25, 0.3) is 0 Å². The van der Waals surface area contributed by atoms with Gasteiger partial charge in [-0.25, -0.2) is 0 Å². The molecule has 0 radical (unpaired) electrons. The molecule has 0 atom stereocenters. The molecule has 0 N–H and O–H groups in total. The van der Waals surface area contributed by atoms with Crippen LogP contribution in [0.4, 0.5) is 5.69 Å². The number of allylic oxidation sites excluding steroid dienone is 1. The Bertz CT molecular complexity index is 546. The normalized spacial score (nSPS) is 11.2. The summed E-state index contributed by atoms with van der Waals surface area (Å²) in [7, 11) is 3.64. The molecule has 0 unspecified atom stereocenters. The molecule has 4 heteroatoms. The summed E-state index contributed by atoms with van der Waals surface area (Å²) in [4.78, 5) is 19.5. The van der Waals surface area contributed by atoms with E-state index in [1.54, 1.807) is 24.3 Å². The summed E-state index contributed by atoms with van der Waals surface area (Å²) in [6, 6.07) is 3.82. The number of carbonyl (C=O) groups excluding carboxylic acids is 1. The van der Waals surface area contributed by atoms with Crippen LogP contribution in [0.1, 0.15) is 13.8 Å². The number of hydrogen-bond donors (Lipinski definition) is 0. The summed E-state index contributed by atoms with van der Waals surface area (Å²) < 4.78 is 0. The van der Waals surface area contributed by atoms with Crippen molar-refractivity contribution in [2.45, 2.75) is 13.8 Å². The fourth-order valence-corrected chi connectivity index (χ4v) is 1.76. The van der Waals surface area contributed by atoms with Gasteiger partial charge in [0.25, 0.3) is 0 Å². The average Bonchev–Trinajstić information content (AvgIpc) is 2.50. The van der Waals surface area contributed by atoms with Crippen molar-refractivity contribution in [3.8, 4) is 0 Å². The van der Waals surface area contributed by atoms with Gasteiger partial charge < -0.3 is 9.80 Å². The molecule has 0 aliphatic heterocycles. The van der Waals surface area contributed by atoms with Crippen LogP contribution >= 0.6 is 0 Å². The van der Waals surface area contributed by atoms with E-state index in [1.165, 1.54) is 6.08 Å². The van der Waals surface area contributed by atoms with Crippen molar-refractivity contribution in [1.29, 1.82) is 0 Å². The standard InChI is InChI=1S/C17H23N3O/c1-7-17(21)20(6)16(14(4)13(2)3)12-19(5)15-9-8-10-18-11-15/h7-13H,1,4H2,2-3,5-6H3/b16-12+. The average molecular weight is 285 g/mol. The number of aromatic nitrogens is 1. The number of amides is 1. The molecule has 0 aromatic carbocycles.